The Morgan fingerprint density at radius 2 is 1.96 bits per heavy atom. The lowest BCUT2D eigenvalue weighted by atomic mass is 9.94. The van der Waals surface area contributed by atoms with Crippen molar-refractivity contribution in [2.75, 3.05) is 12.4 Å². The predicted octanol–water partition coefficient (Wildman–Crippen LogP) is 2.97. The van der Waals surface area contributed by atoms with Crippen LogP contribution in [0, 0.1) is 0 Å². The van der Waals surface area contributed by atoms with Gasteiger partial charge in [0.05, 0.1) is 7.11 Å². The Morgan fingerprint density at radius 3 is 2.59 bits per heavy atom. The topological polar surface area (TPSA) is 76.1 Å². The number of methoxy groups -OCH3 is 1. The summed E-state index contributed by atoms with van der Waals surface area (Å²) in [6, 6.07) is 8.76. The Balaban J connectivity index is 1.86. The molecule has 0 aliphatic rings. The van der Waals surface area contributed by atoms with E-state index in [1.54, 1.807) is 36.5 Å². The molecule has 0 saturated heterocycles. The Morgan fingerprint density at radius 1 is 1.26 bits per heavy atom. The third kappa shape index (κ3) is 4.14. The number of nitrogens with one attached hydrogen (secondary N) is 2. The molecule has 27 heavy (non-hydrogen) atoms. The highest BCUT2D eigenvalue weighted by Gasteiger charge is 2.12. The number of halogens is 1. The fourth-order valence-electron chi connectivity index (χ4n) is 2.55. The van der Waals surface area contributed by atoms with Crippen LogP contribution >= 0.6 is 11.6 Å². The van der Waals surface area contributed by atoms with Gasteiger partial charge in [-0.25, -0.2) is 9.97 Å². The average molecular weight is 381 g/mol. The van der Waals surface area contributed by atoms with E-state index in [1.807, 2.05) is 13.8 Å². The average Bonchev–Trinajstić information content (AvgIpc) is 2.64. The first-order valence-corrected chi connectivity index (χ1v) is 8.73. The van der Waals surface area contributed by atoms with Crippen LogP contribution in [-0.2, 0) is 0 Å². The summed E-state index contributed by atoms with van der Waals surface area (Å²) in [6.07, 6.45) is 1.59. The molecule has 0 unspecified atom stereocenters. The number of benzene rings is 2. The van der Waals surface area contributed by atoms with Crippen LogP contribution in [0.3, 0.4) is 0 Å². The molecule has 136 valence electrons. The van der Waals surface area contributed by atoms with Crippen LogP contribution in [0.2, 0.25) is 5.02 Å². The Hall–Kier alpha value is -2.80. The number of rotatable bonds is 5. The van der Waals surface area contributed by atoms with Crippen molar-refractivity contribution in [3.8, 4) is 5.75 Å². The molecule has 1 amide bonds. The van der Waals surface area contributed by atoms with Gasteiger partial charge in [0.25, 0.3) is 5.91 Å². The third-order valence-corrected chi connectivity index (χ3v) is 4.26. The van der Waals surface area contributed by atoms with Crippen LogP contribution < -0.4 is 20.8 Å². The van der Waals surface area contributed by atoms with Gasteiger partial charge in [-0.05, 0) is 44.2 Å². The maximum absolute atomic E-state index is 12.0. The highest BCUT2D eigenvalue weighted by Crippen LogP contribution is 2.29. The van der Waals surface area contributed by atoms with E-state index in [0.717, 1.165) is 5.69 Å². The van der Waals surface area contributed by atoms with Gasteiger partial charge in [-0.1, -0.05) is 17.1 Å². The van der Waals surface area contributed by atoms with Crippen LogP contribution in [0.1, 0.15) is 24.2 Å². The van der Waals surface area contributed by atoms with Gasteiger partial charge in [0.15, 0.2) is 0 Å². The van der Waals surface area contributed by atoms with Crippen molar-refractivity contribution < 1.29 is 9.53 Å². The van der Waals surface area contributed by atoms with E-state index >= 15 is 0 Å². The molecule has 3 aromatic rings. The fraction of sp³-hybridized carbons (Fsp3) is 0.211. The van der Waals surface area contributed by atoms with Crippen LogP contribution in [0.15, 0.2) is 36.5 Å². The minimum absolute atomic E-state index is 0.0807. The Labute approximate surface area is 163 Å². The van der Waals surface area contributed by atoms with Crippen molar-refractivity contribution in [1.82, 2.24) is 15.3 Å². The normalized spacial score (nSPS) is 10.9. The van der Waals surface area contributed by atoms with E-state index in [9.17, 15) is 4.79 Å². The summed E-state index contributed by atoms with van der Waals surface area (Å²) in [5.41, 5.74) is 2.29. The van der Waals surface area contributed by atoms with Crippen molar-refractivity contribution in [3.05, 3.63) is 47.1 Å². The zero-order valence-electron chi connectivity index (χ0n) is 15.2. The Kier molecular flexibility index (Phi) is 5.51. The van der Waals surface area contributed by atoms with Gasteiger partial charge in [-0.3, -0.25) is 4.79 Å². The van der Waals surface area contributed by atoms with Gasteiger partial charge in [0.1, 0.15) is 19.1 Å². The number of fused-ring (bicyclic) bond motifs is 1. The highest BCUT2D eigenvalue weighted by molar-refractivity contribution is 6.48. The zero-order chi connectivity index (χ0) is 19.6. The molecular weight excluding hydrogens is 363 g/mol. The maximum Gasteiger partial charge on any atom is 0.251 e. The van der Waals surface area contributed by atoms with Gasteiger partial charge in [-0.15, -0.1) is 0 Å². The summed E-state index contributed by atoms with van der Waals surface area (Å²) < 4.78 is 5.34. The van der Waals surface area contributed by atoms with E-state index in [-0.39, 0.29) is 11.9 Å². The number of carbonyl (C=O) groups excluding carboxylic acids is 1. The minimum Gasteiger partial charge on any atom is -0.494 e. The lowest BCUT2D eigenvalue weighted by molar-refractivity contribution is 0.0943. The second kappa shape index (κ2) is 7.84. The summed E-state index contributed by atoms with van der Waals surface area (Å²) in [6.45, 7) is 3.83. The largest absolute Gasteiger partial charge is 0.494 e. The van der Waals surface area contributed by atoms with E-state index < -0.39 is 0 Å². The monoisotopic (exact) mass is 380 g/mol. The van der Waals surface area contributed by atoms with Crippen LogP contribution in [0.5, 0.6) is 5.75 Å². The molecule has 0 aliphatic heterocycles. The first-order valence-electron chi connectivity index (χ1n) is 8.35. The number of hydrogen-bond acceptors (Lipinski definition) is 5. The van der Waals surface area contributed by atoms with Crippen molar-refractivity contribution in [1.29, 1.82) is 0 Å². The van der Waals surface area contributed by atoms with E-state index in [1.165, 1.54) is 7.11 Å². The Bertz CT molecular complexity index is 993. The fourth-order valence-corrected chi connectivity index (χ4v) is 2.75. The van der Waals surface area contributed by atoms with Gasteiger partial charge in [-0.2, -0.15) is 0 Å². The molecule has 0 fully saturated rings. The van der Waals surface area contributed by atoms with E-state index in [4.69, 9.17) is 24.2 Å². The summed E-state index contributed by atoms with van der Waals surface area (Å²) in [7, 11) is 7.42. The number of carbonyl (C=O) groups is 1. The van der Waals surface area contributed by atoms with E-state index in [0.29, 0.717) is 38.6 Å². The number of amides is 1. The minimum atomic E-state index is -0.115. The van der Waals surface area contributed by atoms with Crippen molar-refractivity contribution in [3.63, 3.8) is 0 Å². The molecular formula is C19H18BClN4O2. The molecule has 0 aliphatic carbocycles. The number of anilines is 2. The molecule has 0 bridgehead atoms. The van der Waals surface area contributed by atoms with Gasteiger partial charge in [0.2, 0.25) is 5.95 Å². The maximum atomic E-state index is 12.0. The summed E-state index contributed by atoms with van der Waals surface area (Å²) in [5, 5.41) is 6.95. The van der Waals surface area contributed by atoms with Gasteiger partial charge < -0.3 is 15.4 Å². The smallest absolute Gasteiger partial charge is 0.251 e. The molecule has 0 saturated carbocycles. The zero-order valence-corrected chi connectivity index (χ0v) is 16.0. The first kappa shape index (κ1) is 19.0. The molecule has 3 rings (SSSR count). The number of aromatic nitrogens is 2. The molecule has 1 heterocycles. The quantitative estimate of drug-likeness (QED) is 0.666. The lowest BCUT2D eigenvalue weighted by Gasteiger charge is -2.12. The van der Waals surface area contributed by atoms with Crippen molar-refractivity contribution in [2.45, 2.75) is 19.9 Å². The molecule has 2 radical (unpaired) electrons. The second-order valence-electron chi connectivity index (χ2n) is 6.27. The number of hydrogen-bond donors (Lipinski definition) is 2. The van der Waals surface area contributed by atoms with Gasteiger partial charge in [0, 0.05) is 33.9 Å². The molecule has 6 nitrogen and oxygen atoms in total. The van der Waals surface area contributed by atoms with Crippen LogP contribution in [0.25, 0.3) is 10.9 Å². The highest BCUT2D eigenvalue weighted by atomic mass is 35.5. The third-order valence-electron chi connectivity index (χ3n) is 3.84. The lowest BCUT2D eigenvalue weighted by Crippen LogP contribution is -2.29. The predicted molar refractivity (Wildman–Crippen MR) is 109 cm³/mol. The summed E-state index contributed by atoms with van der Waals surface area (Å²) in [4.78, 5) is 20.8. The molecule has 2 N–H and O–H groups in total. The molecule has 2 aromatic carbocycles. The molecule has 0 atom stereocenters. The molecule has 8 heteroatoms. The van der Waals surface area contributed by atoms with Crippen LogP contribution in [-0.4, -0.2) is 36.9 Å². The van der Waals surface area contributed by atoms with Gasteiger partial charge >= 0.3 is 0 Å². The van der Waals surface area contributed by atoms with Crippen molar-refractivity contribution in [2.24, 2.45) is 0 Å². The van der Waals surface area contributed by atoms with Crippen molar-refractivity contribution >= 4 is 53.4 Å². The number of ether oxygens (including phenoxy) is 1. The van der Waals surface area contributed by atoms with E-state index in [2.05, 4.69) is 20.6 Å². The SMILES string of the molecule is [B]c1cc(OC)c2nc(Nc3ccc(C(=O)NC(C)C)cc3)ncc2c1Cl. The first-order chi connectivity index (χ1) is 12.9. The van der Waals surface area contributed by atoms with Crippen LogP contribution in [0.4, 0.5) is 11.6 Å². The summed E-state index contributed by atoms with van der Waals surface area (Å²) >= 11 is 6.23. The molecule has 0 spiro atoms. The summed E-state index contributed by atoms with van der Waals surface area (Å²) in [5.74, 6) is 0.773. The second-order valence-corrected chi connectivity index (χ2v) is 6.65. The standard InChI is InChI=1S/C19H18BClN4O2/c1-10(2)23-18(26)11-4-6-12(7-5-11)24-19-22-9-13-16(21)14(20)8-15(27-3)17(13)25-19/h4-10H,1-3H3,(H,23,26)(H,22,24,25). The molecule has 1 aromatic heterocycles. The number of nitrogens with zero attached hydrogens (tertiary/aromatic N) is 2.